The summed E-state index contributed by atoms with van der Waals surface area (Å²) in [5.41, 5.74) is 6.72. The van der Waals surface area contributed by atoms with E-state index in [1.165, 1.54) is 0 Å². The number of aromatic nitrogens is 1. The molecule has 0 aliphatic rings. The lowest BCUT2D eigenvalue weighted by molar-refractivity contribution is -0.122. The maximum atomic E-state index is 11.6. The van der Waals surface area contributed by atoms with Gasteiger partial charge in [0.2, 0.25) is 5.91 Å². The number of nitrogens with zero attached hydrogens (tertiary/aromatic N) is 1. The van der Waals surface area contributed by atoms with Gasteiger partial charge in [-0.15, -0.1) is 0 Å². The Kier molecular flexibility index (Phi) is 6.65. The minimum Gasteiger partial charge on any atom is -0.354 e. The lowest BCUT2D eigenvalue weighted by Gasteiger charge is -2.11. The molecule has 0 saturated carbocycles. The third kappa shape index (κ3) is 5.70. The third-order valence-corrected chi connectivity index (χ3v) is 3.02. The molecule has 0 aliphatic heterocycles. The van der Waals surface area contributed by atoms with Crippen molar-refractivity contribution in [2.24, 2.45) is 5.73 Å². The van der Waals surface area contributed by atoms with E-state index in [0.29, 0.717) is 6.54 Å². The zero-order chi connectivity index (χ0) is 12.5. The van der Waals surface area contributed by atoms with Crippen molar-refractivity contribution < 1.29 is 4.79 Å². The summed E-state index contributed by atoms with van der Waals surface area (Å²) in [6.07, 6.45) is 5.21. The second kappa shape index (κ2) is 8.08. The van der Waals surface area contributed by atoms with Gasteiger partial charge in [-0.1, -0.05) is 6.07 Å². The normalized spacial score (nSPS) is 12.1. The highest BCUT2D eigenvalue weighted by molar-refractivity contribution is 7.98. The van der Waals surface area contributed by atoms with Crippen molar-refractivity contribution in [3.63, 3.8) is 0 Å². The minimum absolute atomic E-state index is 0.0741. The molecule has 3 N–H and O–H groups in total. The number of rotatable bonds is 7. The Balaban J connectivity index is 2.20. The number of nitrogens with two attached hydrogens (primary N) is 1. The molecule has 0 aromatic carbocycles. The zero-order valence-electron chi connectivity index (χ0n) is 10.1. The molecule has 0 unspecified atom stereocenters. The van der Waals surface area contributed by atoms with Crippen LogP contribution in [0.15, 0.2) is 24.4 Å². The first-order chi connectivity index (χ1) is 8.24. The Labute approximate surface area is 106 Å². The van der Waals surface area contributed by atoms with Gasteiger partial charge in [0, 0.05) is 24.9 Å². The first kappa shape index (κ1) is 14.0. The molecule has 0 spiro atoms. The van der Waals surface area contributed by atoms with E-state index < -0.39 is 6.04 Å². The molecular weight excluding hydrogens is 234 g/mol. The number of nitrogens with one attached hydrogen (secondary N) is 1. The minimum atomic E-state index is -0.397. The molecule has 94 valence electrons. The number of pyridine rings is 1. The monoisotopic (exact) mass is 253 g/mol. The summed E-state index contributed by atoms with van der Waals surface area (Å²) in [7, 11) is 0. The van der Waals surface area contributed by atoms with Gasteiger partial charge in [0.15, 0.2) is 0 Å². The highest BCUT2D eigenvalue weighted by Gasteiger charge is 2.11. The Morgan fingerprint density at radius 1 is 1.59 bits per heavy atom. The lowest BCUT2D eigenvalue weighted by atomic mass is 10.2. The van der Waals surface area contributed by atoms with Crippen molar-refractivity contribution in [1.82, 2.24) is 10.3 Å². The number of hydrogen-bond donors (Lipinski definition) is 2. The summed E-state index contributed by atoms with van der Waals surface area (Å²) in [5.74, 6) is 0.837. The summed E-state index contributed by atoms with van der Waals surface area (Å²) in [6, 6.07) is 5.36. The van der Waals surface area contributed by atoms with Crippen LogP contribution in [0.3, 0.4) is 0 Å². The summed E-state index contributed by atoms with van der Waals surface area (Å²) in [4.78, 5) is 15.8. The van der Waals surface area contributed by atoms with Gasteiger partial charge in [0.05, 0.1) is 6.04 Å². The van der Waals surface area contributed by atoms with E-state index in [-0.39, 0.29) is 5.91 Å². The molecule has 1 aromatic heterocycles. The van der Waals surface area contributed by atoms with Crippen molar-refractivity contribution in [3.05, 3.63) is 30.1 Å². The van der Waals surface area contributed by atoms with Crippen molar-refractivity contribution in [2.75, 3.05) is 18.6 Å². The van der Waals surface area contributed by atoms with Crippen LogP contribution in [0.5, 0.6) is 0 Å². The van der Waals surface area contributed by atoms with Crippen molar-refractivity contribution in [1.29, 1.82) is 0 Å². The molecule has 0 saturated heterocycles. The molecule has 4 nitrogen and oxygen atoms in total. The van der Waals surface area contributed by atoms with Crippen LogP contribution in [-0.4, -0.2) is 35.5 Å². The van der Waals surface area contributed by atoms with E-state index >= 15 is 0 Å². The molecule has 1 aromatic rings. The summed E-state index contributed by atoms with van der Waals surface area (Å²) < 4.78 is 0. The van der Waals surface area contributed by atoms with Crippen LogP contribution in [0, 0.1) is 0 Å². The highest BCUT2D eigenvalue weighted by Crippen LogP contribution is 1.99. The topological polar surface area (TPSA) is 68.0 Å². The molecule has 1 atom stereocenters. The number of hydrogen-bond acceptors (Lipinski definition) is 4. The number of carbonyl (C=O) groups excluding carboxylic acids is 1. The quantitative estimate of drug-likeness (QED) is 0.755. The first-order valence-corrected chi connectivity index (χ1v) is 7.05. The number of carbonyl (C=O) groups is 1. The molecule has 1 amide bonds. The van der Waals surface area contributed by atoms with Gasteiger partial charge >= 0.3 is 0 Å². The molecule has 1 rings (SSSR count). The fourth-order valence-corrected chi connectivity index (χ4v) is 1.86. The van der Waals surface area contributed by atoms with Crippen molar-refractivity contribution in [3.8, 4) is 0 Å². The summed E-state index contributed by atoms with van der Waals surface area (Å²) >= 11 is 1.70. The van der Waals surface area contributed by atoms with Crippen LogP contribution in [0.2, 0.25) is 0 Å². The molecule has 0 radical (unpaired) electrons. The maximum absolute atomic E-state index is 11.6. The predicted molar refractivity (Wildman–Crippen MR) is 71.9 cm³/mol. The fourth-order valence-electron chi connectivity index (χ4n) is 1.37. The molecule has 0 fully saturated rings. The van der Waals surface area contributed by atoms with Crippen LogP contribution < -0.4 is 11.1 Å². The van der Waals surface area contributed by atoms with E-state index in [2.05, 4.69) is 10.3 Å². The zero-order valence-corrected chi connectivity index (χ0v) is 10.9. The van der Waals surface area contributed by atoms with E-state index in [1.54, 1.807) is 18.0 Å². The Bertz CT molecular complexity index is 332. The van der Waals surface area contributed by atoms with Crippen molar-refractivity contribution >= 4 is 17.7 Å². The predicted octanol–water partition coefficient (Wildman–Crippen LogP) is 0.821. The van der Waals surface area contributed by atoms with E-state index in [4.69, 9.17) is 5.73 Å². The van der Waals surface area contributed by atoms with Crippen LogP contribution in [-0.2, 0) is 11.2 Å². The van der Waals surface area contributed by atoms with Crippen LogP contribution >= 0.6 is 11.8 Å². The van der Waals surface area contributed by atoms with E-state index in [0.717, 1.165) is 24.3 Å². The highest BCUT2D eigenvalue weighted by atomic mass is 32.2. The van der Waals surface area contributed by atoms with Gasteiger partial charge in [0.1, 0.15) is 0 Å². The largest absolute Gasteiger partial charge is 0.354 e. The van der Waals surface area contributed by atoms with Gasteiger partial charge in [-0.3, -0.25) is 9.78 Å². The third-order valence-electron chi connectivity index (χ3n) is 2.38. The average Bonchev–Trinajstić information content (AvgIpc) is 2.37. The van der Waals surface area contributed by atoms with Crippen molar-refractivity contribution in [2.45, 2.75) is 18.9 Å². The molecule has 17 heavy (non-hydrogen) atoms. The van der Waals surface area contributed by atoms with Gasteiger partial charge in [-0.2, -0.15) is 11.8 Å². The summed E-state index contributed by atoms with van der Waals surface area (Å²) in [6.45, 7) is 0.586. The van der Waals surface area contributed by atoms with Gasteiger partial charge in [-0.05, 0) is 30.6 Å². The first-order valence-electron chi connectivity index (χ1n) is 5.66. The molecule has 0 bridgehead atoms. The number of amides is 1. The van der Waals surface area contributed by atoms with Crippen LogP contribution in [0.4, 0.5) is 0 Å². The van der Waals surface area contributed by atoms with Crippen LogP contribution in [0.1, 0.15) is 12.1 Å². The Morgan fingerprint density at radius 2 is 2.41 bits per heavy atom. The summed E-state index contributed by atoms with van der Waals surface area (Å²) in [5, 5.41) is 2.83. The maximum Gasteiger partial charge on any atom is 0.236 e. The Morgan fingerprint density at radius 3 is 3.06 bits per heavy atom. The van der Waals surface area contributed by atoms with E-state index in [1.807, 2.05) is 24.5 Å². The van der Waals surface area contributed by atoms with Gasteiger partial charge < -0.3 is 11.1 Å². The van der Waals surface area contributed by atoms with E-state index in [9.17, 15) is 4.79 Å². The average molecular weight is 253 g/mol. The second-order valence-corrected chi connectivity index (χ2v) is 4.74. The fraction of sp³-hybridized carbons (Fsp3) is 0.500. The Hall–Kier alpha value is -1.07. The lowest BCUT2D eigenvalue weighted by Crippen LogP contribution is -2.41. The molecular formula is C12H19N3OS. The number of thioether (sulfide) groups is 1. The second-order valence-electron chi connectivity index (χ2n) is 3.75. The molecule has 0 aliphatic carbocycles. The standard InChI is InChI=1S/C12H19N3OS/c1-17-9-6-11(13)12(16)15-8-5-10-4-2-3-7-14-10/h2-4,7,11H,5-6,8-9,13H2,1H3,(H,15,16)/t11-/m0/s1. The van der Waals surface area contributed by atoms with Crippen LogP contribution in [0.25, 0.3) is 0 Å². The molecule has 5 heteroatoms. The smallest absolute Gasteiger partial charge is 0.236 e. The SMILES string of the molecule is CSCC[C@H](N)C(=O)NCCc1ccccn1. The van der Waals surface area contributed by atoms with Gasteiger partial charge in [-0.25, -0.2) is 0 Å². The molecule has 1 heterocycles. The van der Waals surface area contributed by atoms with Gasteiger partial charge in [0.25, 0.3) is 0 Å².